The third-order valence-electron chi connectivity index (χ3n) is 5.62. The van der Waals surface area contributed by atoms with E-state index in [2.05, 4.69) is 35.2 Å². The highest BCUT2D eigenvalue weighted by Crippen LogP contribution is 2.36. The molecule has 3 nitrogen and oxygen atoms in total. The van der Waals surface area contributed by atoms with E-state index < -0.39 is 0 Å². The first kappa shape index (κ1) is 18.0. The van der Waals surface area contributed by atoms with Gasteiger partial charge in [0, 0.05) is 25.0 Å². The topological polar surface area (TPSA) is 25.6 Å². The fourth-order valence-electron chi connectivity index (χ4n) is 4.16. The average Bonchev–Trinajstić information content (AvgIpc) is 3.17. The molecule has 0 saturated heterocycles. The summed E-state index contributed by atoms with van der Waals surface area (Å²) >= 11 is 0. The van der Waals surface area contributed by atoms with Crippen LogP contribution >= 0.6 is 0 Å². The second-order valence-electron chi connectivity index (χ2n) is 7.54. The molecule has 0 radical (unpaired) electrons. The summed E-state index contributed by atoms with van der Waals surface area (Å²) in [5, 5.41) is 0.926. The number of hydrogen-bond donors (Lipinski definition) is 0. The molecular weight excluding hydrogens is 365 g/mol. The van der Waals surface area contributed by atoms with Crippen LogP contribution in [0.5, 0.6) is 5.75 Å². The molecule has 0 bridgehead atoms. The number of fused-ring (bicyclic) bond motifs is 2. The number of furan rings is 1. The third kappa shape index (κ3) is 3.40. The van der Waals surface area contributed by atoms with Gasteiger partial charge in [0.25, 0.3) is 0 Å². The van der Waals surface area contributed by atoms with Gasteiger partial charge in [-0.15, -0.1) is 0 Å². The summed E-state index contributed by atoms with van der Waals surface area (Å²) in [4.78, 5) is 2.45. The summed E-state index contributed by atoms with van der Waals surface area (Å²) in [6, 6.07) is 21.3. The van der Waals surface area contributed by atoms with Crippen molar-refractivity contribution >= 4 is 11.0 Å². The lowest BCUT2D eigenvalue weighted by Gasteiger charge is -2.28. The molecule has 1 aromatic heterocycles. The van der Waals surface area contributed by atoms with Crippen molar-refractivity contribution in [1.82, 2.24) is 4.90 Å². The Bertz CT molecular complexity index is 1180. The molecule has 0 N–H and O–H groups in total. The minimum absolute atomic E-state index is 0.294. The van der Waals surface area contributed by atoms with Gasteiger partial charge in [-0.2, -0.15) is 0 Å². The van der Waals surface area contributed by atoms with Gasteiger partial charge in [0.1, 0.15) is 11.6 Å². The third-order valence-corrected chi connectivity index (χ3v) is 5.62. The summed E-state index contributed by atoms with van der Waals surface area (Å²) in [5.74, 6) is 0.899. The van der Waals surface area contributed by atoms with E-state index in [1.54, 1.807) is 19.2 Å². The largest absolute Gasteiger partial charge is 0.493 e. The number of halogens is 1. The van der Waals surface area contributed by atoms with Crippen LogP contribution in [0, 0.1) is 5.82 Å². The molecule has 5 rings (SSSR count). The van der Waals surface area contributed by atoms with Gasteiger partial charge in [-0.05, 0) is 53.4 Å². The maximum atomic E-state index is 14.2. The van der Waals surface area contributed by atoms with E-state index in [1.165, 1.54) is 17.2 Å². The van der Waals surface area contributed by atoms with Gasteiger partial charge in [-0.25, -0.2) is 4.39 Å². The molecule has 0 atom stereocenters. The second kappa shape index (κ2) is 7.37. The van der Waals surface area contributed by atoms with Gasteiger partial charge in [0.05, 0.1) is 12.7 Å². The normalized spacial score (nSPS) is 14.1. The van der Waals surface area contributed by atoms with Gasteiger partial charge in [-0.1, -0.05) is 36.4 Å². The highest BCUT2D eigenvalue weighted by Gasteiger charge is 2.18. The minimum atomic E-state index is -0.294. The summed E-state index contributed by atoms with van der Waals surface area (Å²) < 4.78 is 25.8. The Morgan fingerprint density at radius 1 is 1.00 bits per heavy atom. The number of methoxy groups -OCH3 is 1. The number of ether oxygens (including phenoxy) is 1. The summed E-state index contributed by atoms with van der Waals surface area (Å²) in [7, 11) is 1.64. The van der Waals surface area contributed by atoms with Crippen molar-refractivity contribution in [2.45, 2.75) is 19.5 Å². The predicted molar refractivity (Wildman–Crippen MR) is 112 cm³/mol. The van der Waals surface area contributed by atoms with Crippen molar-refractivity contribution in [2.75, 3.05) is 13.7 Å². The maximum Gasteiger partial charge on any atom is 0.176 e. The molecule has 1 aliphatic rings. The molecule has 1 aliphatic heterocycles. The Hall–Kier alpha value is -3.11. The SMILES string of the molecule is COc1cc(CN2CCc3ccccc3C2)cc2cc(-c3ccccc3F)oc12. The van der Waals surface area contributed by atoms with Gasteiger partial charge >= 0.3 is 0 Å². The van der Waals surface area contributed by atoms with E-state index in [9.17, 15) is 4.39 Å². The smallest absolute Gasteiger partial charge is 0.176 e. The van der Waals surface area contributed by atoms with E-state index in [1.807, 2.05) is 18.2 Å². The van der Waals surface area contributed by atoms with Crippen molar-refractivity contribution < 1.29 is 13.5 Å². The molecule has 2 heterocycles. The zero-order valence-corrected chi connectivity index (χ0v) is 16.3. The van der Waals surface area contributed by atoms with Crippen molar-refractivity contribution in [1.29, 1.82) is 0 Å². The molecule has 4 aromatic rings. The Morgan fingerprint density at radius 3 is 2.62 bits per heavy atom. The molecule has 0 aliphatic carbocycles. The summed E-state index contributed by atoms with van der Waals surface area (Å²) in [6.45, 7) is 2.81. The Kier molecular flexibility index (Phi) is 4.57. The highest BCUT2D eigenvalue weighted by atomic mass is 19.1. The van der Waals surface area contributed by atoms with Crippen molar-refractivity contribution in [2.24, 2.45) is 0 Å². The molecule has 0 fully saturated rings. The van der Waals surface area contributed by atoms with Crippen LogP contribution in [-0.2, 0) is 19.5 Å². The van der Waals surface area contributed by atoms with Crippen molar-refractivity contribution in [3.05, 3.63) is 89.2 Å². The van der Waals surface area contributed by atoms with E-state index >= 15 is 0 Å². The molecule has 146 valence electrons. The molecule has 0 amide bonds. The number of hydrogen-bond acceptors (Lipinski definition) is 3. The average molecular weight is 387 g/mol. The van der Waals surface area contributed by atoms with E-state index in [4.69, 9.17) is 9.15 Å². The van der Waals surface area contributed by atoms with Gasteiger partial charge in [-0.3, -0.25) is 4.90 Å². The Labute approximate surface area is 169 Å². The van der Waals surface area contributed by atoms with Gasteiger partial charge in [0.15, 0.2) is 11.3 Å². The fraction of sp³-hybridized carbons (Fsp3) is 0.200. The fourth-order valence-corrected chi connectivity index (χ4v) is 4.16. The molecule has 29 heavy (non-hydrogen) atoms. The quantitative estimate of drug-likeness (QED) is 0.442. The van der Waals surface area contributed by atoms with Crippen LogP contribution in [-0.4, -0.2) is 18.6 Å². The Morgan fingerprint density at radius 2 is 1.79 bits per heavy atom. The van der Waals surface area contributed by atoms with Crippen molar-refractivity contribution in [3.8, 4) is 17.1 Å². The molecule has 0 saturated carbocycles. The van der Waals surface area contributed by atoms with Crippen molar-refractivity contribution in [3.63, 3.8) is 0 Å². The van der Waals surface area contributed by atoms with E-state index in [0.717, 1.165) is 37.0 Å². The van der Waals surface area contributed by atoms with Crippen LogP contribution in [0.15, 0.2) is 71.1 Å². The lowest BCUT2D eigenvalue weighted by atomic mass is 9.99. The summed E-state index contributed by atoms with van der Waals surface area (Å²) in [5.41, 5.74) is 5.12. The van der Waals surface area contributed by atoms with Crippen LogP contribution < -0.4 is 4.74 Å². The zero-order chi connectivity index (χ0) is 19.8. The van der Waals surface area contributed by atoms with Crippen LogP contribution in [0.25, 0.3) is 22.3 Å². The lowest BCUT2D eigenvalue weighted by Crippen LogP contribution is -2.29. The van der Waals surface area contributed by atoms with Crippen LogP contribution in [0.1, 0.15) is 16.7 Å². The molecular formula is C25H22FNO2. The van der Waals surface area contributed by atoms with E-state index in [0.29, 0.717) is 22.7 Å². The summed E-state index contributed by atoms with van der Waals surface area (Å²) in [6.07, 6.45) is 1.07. The molecule has 0 unspecified atom stereocenters. The van der Waals surface area contributed by atoms with Gasteiger partial charge in [0.2, 0.25) is 0 Å². The standard InChI is InChI=1S/C25H22FNO2/c1-28-24-13-17(15-27-11-10-18-6-2-3-7-19(18)16-27)12-20-14-23(29-25(20)24)21-8-4-5-9-22(21)26/h2-9,12-14H,10-11,15-16H2,1H3. The predicted octanol–water partition coefficient (Wildman–Crippen LogP) is 5.81. The minimum Gasteiger partial charge on any atom is -0.493 e. The highest BCUT2D eigenvalue weighted by molar-refractivity contribution is 5.88. The van der Waals surface area contributed by atoms with Crippen LogP contribution in [0.2, 0.25) is 0 Å². The number of benzene rings is 3. The molecule has 0 spiro atoms. The Balaban J connectivity index is 1.47. The number of nitrogens with zero attached hydrogens (tertiary/aromatic N) is 1. The number of rotatable bonds is 4. The van der Waals surface area contributed by atoms with Crippen LogP contribution in [0.4, 0.5) is 4.39 Å². The first-order valence-electron chi connectivity index (χ1n) is 9.86. The monoisotopic (exact) mass is 387 g/mol. The first-order chi connectivity index (χ1) is 14.2. The second-order valence-corrected chi connectivity index (χ2v) is 7.54. The first-order valence-corrected chi connectivity index (χ1v) is 9.86. The zero-order valence-electron chi connectivity index (χ0n) is 16.3. The maximum absolute atomic E-state index is 14.2. The molecule has 4 heteroatoms. The van der Waals surface area contributed by atoms with Gasteiger partial charge < -0.3 is 9.15 Å². The lowest BCUT2D eigenvalue weighted by molar-refractivity contribution is 0.245. The van der Waals surface area contributed by atoms with E-state index in [-0.39, 0.29) is 5.82 Å². The van der Waals surface area contributed by atoms with Crippen LogP contribution in [0.3, 0.4) is 0 Å². The molecule has 3 aromatic carbocycles.